The molecule has 0 spiro atoms. The summed E-state index contributed by atoms with van der Waals surface area (Å²) in [6, 6.07) is 17.9. The van der Waals surface area contributed by atoms with Gasteiger partial charge in [0, 0.05) is 11.8 Å². The molecule has 3 rings (SSSR count). The molecular formula is C23H21N3O4. The molecule has 1 heterocycles. The molecule has 152 valence electrons. The first-order valence-electron chi connectivity index (χ1n) is 9.24. The number of nitrogens with one attached hydrogen (secondary N) is 2. The quantitative estimate of drug-likeness (QED) is 0.196. The molecule has 7 heteroatoms. The van der Waals surface area contributed by atoms with Crippen LogP contribution in [0, 0.1) is 6.92 Å². The third-order valence-electron chi connectivity index (χ3n) is 3.93. The SMILES string of the molecule is Cc1ccc(NCC(=O)NN=Cc2ccc(OC(=O)C=Cc3ccco3)cc2)cc1. The smallest absolute Gasteiger partial charge is 0.336 e. The molecule has 0 radical (unpaired) electrons. The Morgan fingerprint density at radius 2 is 1.83 bits per heavy atom. The maximum atomic E-state index is 11.8. The Kier molecular flexibility index (Phi) is 7.16. The lowest BCUT2D eigenvalue weighted by molar-refractivity contribution is -0.129. The Morgan fingerprint density at radius 1 is 1.07 bits per heavy atom. The van der Waals surface area contributed by atoms with E-state index in [9.17, 15) is 9.59 Å². The molecule has 2 aromatic carbocycles. The van der Waals surface area contributed by atoms with Crippen LogP contribution in [0.15, 0.2) is 82.5 Å². The molecule has 30 heavy (non-hydrogen) atoms. The molecule has 0 bridgehead atoms. The van der Waals surface area contributed by atoms with Gasteiger partial charge in [-0.3, -0.25) is 4.79 Å². The predicted molar refractivity (Wildman–Crippen MR) is 115 cm³/mol. The first kappa shape index (κ1) is 20.6. The topological polar surface area (TPSA) is 92.9 Å². The number of esters is 1. The van der Waals surface area contributed by atoms with Gasteiger partial charge in [0.05, 0.1) is 19.0 Å². The van der Waals surface area contributed by atoms with E-state index in [0.717, 1.165) is 16.8 Å². The number of aryl methyl sites for hydroxylation is 1. The zero-order valence-corrected chi connectivity index (χ0v) is 16.4. The van der Waals surface area contributed by atoms with Gasteiger partial charge in [-0.15, -0.1) is 0 Å². The Balaban J connectivity index is 1.42. The van der Waals surface area contributed by atoms with E-state index in [1.54, 1.807) is 36.4 Å². The molecule has 3 aromatic rings. The van der Waals surface area contributed by atoms with Crippen molar-refractivity contribution >= 4 is 29.9 Å². The molecule has 0 fully saturated rings. The first-order valence-corrected chi connectivity index (χ1v) is 9.24. The summed E-state index contributed by atoms with van der Waals surface area (Å²) in [5, 5.41) is 6.94. The maximum absolute atomic E-state index is 11.8. The van der Waals surface area contributed by atoms with Gasteiger partial charge < -0.3 is 14.5 Å². The zero-order valence-electron chi connectivity index (χ0n) is 16.4. The van der Waals surface area contributed by atoms with E-state index in [1.165, 1.54) is 24.6 Å². The zero-order chi connectivity index (χ0) is 21.2. The number of rotatable bonds is 8. The number of carbonyl (C=O) groups excluding carboxylic acids is 2. The van der Waals surface area contributed by atoms with Crippen molar-refractivity contribution in [3.63, 3.8) is 0 Å². The summed E-state index contributed by atoms with van der Waals surface area (Å²) in [7, 11) is 0. The third-order valence-corrected chi connectivity index (χ3v) is 3.93. The Bertz CT molecular complexity index is 1020. The largest absolute Gasteiger partial charge is 0.465 e. The highest BCUT2D eigenvalue weighted by Gasteiger charge is 2.02. The number of benzene rings is 2. The van der Waals surface area contributed by atoms with Crippen LogP contribution in [0.5, 0.6) is 5.75 Å². The summed E-state index contributed by atoms with van der Waals surface area (Å²) in [6.45, 7) is 2.11. The second-order valence-corrected chi connectivity index (χ2v) is 6.35. The van der Waals surface area contributed by atoms with E-state index in [-0.39, 0.29) is 12.5 Å². The van der Waals surface area contributed by atoms with Crippen LogP contribution in [0.25, 0.3) is 6.08 Å². The maximum Gasteiger partial charge on any atom is 0.336 e. The molecular weight excluding hydrogens is 382 g/mol. The summed E-state index contributed by atoms with van der Waals surface area (Å²) in [6.07, 6.45) is 5.84. The van der Waals surface area contributed by atoms with E-state index in [0.29, 0.717) is 11.5 Å². The van der Waals surface area contributed by atoms with Gasteiger partial charge in [0.1, 0.15) is 11.5 Å². The van der Waals surface area contributed by atoms with Crippen molar-refractivity contribution in [1.29, 1.82) is 0 Å². The van der Waals surface area contributed by atoms with Crippen molar-refractivity contribution in [3.05, 3.63) is 89.9 Å². The van der Waals surface area contributed by atoms with Crippen molar-refractivity contribution in [1.82, 2.24) is 5.43 Å². The second kappa shape index (κ2) is 10.4. The highest BCUT2D eigenvalue weighted by atomic mass is 16.5. The normalized spacial score (nSPS) is 11.0. The van der Waals surface area contributed by atoms with Crippen LogP contribution in [-0.4, -0.2) is 24.6 Å². The summed E-state index contributed by atoms with van der Waals surface area (Å²) in [5.41, 5.74) is 5.22. The summed E-state index contributed by atoms with van der Waals surface area (Å²) < 4.78 is 10.3. The molecule has 0 aliphatic heterocycles. The molecule has 0 unspecified atom stereocenters. The van der Waals surface area contributed by atoms with Crippen molar-refractivity contribution in [2.45, 2.75) is 6.92 Å². The molecule has 0 aliphatic rings. The lowest BCUT2D eigenvalue weighted by Crippen LogP contribution is -2.25. The molecule has 0 saturated carbocycles. The minimum Gasteiger partial charge on any atom is -0.465 e. The number of hydrazone groups is 1. The minimum atomic E-state index is -0.513. The lowest BCUT2D eigenvalue weighted by Gasteiger charge is -2.05. The van der Waals surface area contributed by atoms with Crippen molar-refractivity contribution in [2.75, 3.05) is 11.9 Å². The number of carbonyl (C=O) groups is 2. The van der Waals surface area contributed by atoms with Crippen LogP contribution in [0.3, 0.4) is 0 Å². The van der Waals surface area contributed by atoms with Crippen LogP contribution in [0.2, 0.25) is 0 Å². The van der Waals surface area contributed by atoms with Gasteiger partial charge in [-0.25, -0.2) is 10.2 Å². The fourth-order valence-electron chi connectivity index (χ4n) is 2.38. The number of furan rings is 1. The number of hydrogen-bond donors (Lipinski definition) is 2. The number of hydrogen-bond acceptors (Lipinski definition) is 6. The molecule has 1 amide bonds. The fourth-order valence-corrected chi connectivity index (χ4v) is 2.38. The van der Waals surface area contributed by atoms with E-state index in [4.69, 9.17) is 9.15 Å². The van der Waals surface area contributed by atoms with Crippen LogP contribution < -0.4 is 15.5 Å². The molecule has 0 atom stereocenters. The average Bonchev–Trinajstić information content (AvgIpc) is 3.27. The van der Waals surface area contributed by atoms with Crippen molar-refractivity contribution in [2.24, 2.45) is 5.10 Å². The standard InChI is InChI=1S/C23H21N3O4/c1-17-4-8-19(9-5-17)24-16-22(27)26-25-15-18-6-10-21(11-7-18)30-23(28)13-12-20-3-2-14-29-20/h2-15,24H,16H2,1H3,(H,26,27). The number of ether oxygens (including phenoxy) is 1. The third kappa shape index (κ3) is 6.79. The van der Waals surface area contributed by atoms with Crippen LogP contribution in [0.4, 0.5) is 5.69 Å². The molecule has 0 saturated heterocycles. The Labute approximate surface area is 174 Å². The summed E-state index contributed by atoms with van der Waals surface area (Å²) in [5.74, 6) is 0.184. The van der Waals surface area contributed by atoms with Gasteiger partial charge >= 0.3 is 5.97 Å². The number of nitrogens with zero attached hydrogens (tertiary/aromatic N) is 1. The molecule has 1 aromatic heterocycles. The first-order chi connectivity index (χ1) is 14.6. The second-order valence-electron chi connectivity index (χ2n) is 6.35. The predicted octanol–water partition coefficient (Wildman–Crippen LogP) is 3.77. The van der Waals surface area contributed by atoms with Gasteiger partial charge in [0.25, 0.3) is 5.91 Å². The minimum absolute atomic E-state index is 0.112. The van der Waals surface area contributed by atoms with Crippen LogP contribution in [-0.2, 0) is 9.59 Å². The van der Waals surface area contributed by atoms with Gasteiger partial charge in [-0.1, -0.05) is 17.7 Å². The van der Waals surface area contributed by atoms with E-state index in [1.807, 2.05) is 31.2 Å². The van der Waals surface area contributed by atoms with Gasteiger partial charge in [0.15, 0.2) is 0 Å². The Morgan fingerprint density at radius 3 is 2.53 bits per heavy atom. The summed E-state index contributed by atoms with van der Waals surface area (Å²) in [4.78, 5) is 23.6. The number of anilines is 1. The van der Waals surface area contributed by atoms with Gasteiger partial charge in [-0.2, -0.15) is 5.10 Å². The molecule has 0 aliphatic carbocycles. The monoisotopic (exact) mass is 403 g/mol. The fraction of sp³-hybridized carbons (Fsp3) is 0.0870. The van der Waals surface area contributed by atoms with Crippen molar-refractivity contribution in [3.8, 4) is 5.75 Å². The van der Waals surface area contributed by atoms with Crippen molar-refractivity contribution < 1.29 is 18.7 Å². The van der Waals surface area contributed by atoms with Gasteiger partial charge in [-0.05, 0) is 67.1 Å². The molecule has 7 nitrogen and oxygen atoms in total. The van der Waals surface area contributed by atoms with E-state index in [2.05, 4.69) is 15.8 Å². The summed E-state index contributed by atoms with van der Waals surface area (Å²) >= 11 is 0. The van der Waals surface area contributed by atoms with Crippen LogP contribution >= 0.6 is 0 Å². The average molecular weight is 403 g/mol. The van der Waals surface area contributed by atoms with Crippen LogP contribution in [0.1, 0.15) is 16.9 Å². The molecule has 2 N–H and O–H groups in total. The lowest BCUT2D eigenvalue weighted by atomic mass is 10.2. The Hall–Kier alpha value is -4.13. The highest BCUT2D eigenvalue weighted by molar-refractivity contribution is 5.88. The number of amides is 1. The van der Waals surface area contributed by atoms with Gasteiger partial charge in [0.2, 0.25) is 0 Å². The van der Waals surface area contributed by atoms with E-state index >= 15 is 0 Å². The van der Waals surface area contributed by atoms with E-state index < -0.39 is 5.97 Å². The highest BCUT2D eigenvalue weighted by Crippen LogP contribution is 2.12.